The molecule has 0 radical (unpaired) electrons. The molecular formula is C19H20N4O2. The van der Waals surface area contributed by atoms with E-state index in [-0.39, 0.29) is 10.6 Å². The number of benzene rings is 2. The maximum absolute atomic E-state index is 11.0. The van der Waals surface area contributed by atoms with Crippen molar-refractivity contribution in [1.29, 1.82) is 0 Å². The fourth-order valence-electron chi connectivity index (χ4n) is 2.78. The molecular weight excluding hydrogens is 316 g/mol. The highest BCUT2D eigenvalue weighted by Gasteiger charge is 2.15. The van der Waals surface area contributed by atoms with E-state index in [9.17, 15) is 10.1 Å². The number of hydrogen-bond acceptors (Lipinski definition) is 5. The van der Waals surface area contributed by atoms with Crippen LogP contribution in [0.15, 0.2) is 65.8 Å². The summed E-state index contributed by atoms with van der Waals surface area (Å²) in [7, 11) is 0. The van der Waals surface area contributed by atoms with Crippen molar-refractivity contribution >= 4 is 23.7 Å². The van der Waals surface area contributed by atoms with Gasteiger partial charge >= 0.3 is 0 Å². The SMILES string of the molecule is O=[N+]([O-])c1ccccc1/C=C/C=N\N1CCN(c2ccccc2)CC1. The lowest BCUT2D eigenvalue weighted by atomic mass is 10.1. The van der Waals surface area contributed by atoms with Crippen molar-refractivity contribution in [3.63, 3.8) is 0 Å². The Morgan fingerprint density at radius 2 is 1.64 bits per heavy atom. The third-order valence-corrected chi connectivity index (χ3v) is 4.10. The van der Waals surface area contributed by atoms with Crippen molar-refractivity contribution in [2.24, 2.45) is 5.10 Å². The normalized spacial score (nSPS) is 15.2. The Balaban J connectivity index is 1.53. The van der Waals surface area contributed by atoms with Crippen LogP contribution in [0.5, 0.6) is 0 Å². The molecule has 3 rings (SSSR count). The van der Waals surface area contributed by atoms with E-state index in [0.717, 1.165) is 26.2 Å². The molecule has 0 spiro atoms. The van der Waals surface area contributed by atoms with Crippen LogP contribution >= 0.6 is 0 Å². The largest absolute Gasteiger partial charge is 0.368 e. The number of hydrogen-bond donors (Lipinski definition) is 0. The van der Waals surface area contributed by atoms with Gasteiger partial charge in [-0.15, -0.1) is 0 Å². The molecule has 0 bridgehead atoms. The number of nitro groups is 1. The standard InChI is InChI=1S/C19H20N4O2/c24-23(25)19-11-5-4-7-17(19)8-6-12-20-22-15-13-21(14-16-22)18-9-2-1-3-10-18/h1-12H,13-16H2/b8-6+,20-12-. The number of rotatable bonds is 5. The first-order chi connectivity index (χ1) is 12.2. The third-order valence-electron chi connectivity index (χ3n) is 4.10. The van der Waals surface area contributed by atoms with Gasteiger partial charge in [-0.3, -0.25) is 15.1 Å². The lowest BCUT2D eigenvalue weighted by Crippen LogP contribution is -2.44. The van der Waals surface area contributed by atoms with Crippen LogP contribution in [0.3, 0.4) is 0 Å². The molecule has 1 aliphatic heterocycles. The van der Waals surface area contributed by atoms with Crippen molar-refractivity contribution in [2.75, 3.05) is 31.1 Å². The van der Waals surface area contributed by atoms with Crippen LogP contribution in [0.2, 0.25) is 0 Å². The number of nitro benzene ring substituents is 1. The Hall–Kier alpha value is -3.15. The Kier molecular flexibility index (Phi) is 5.41. The number of para-hydroxylation sites is 2. The molecule has 128 valence electrons. The van der Waals surface area contributed by atoms with Crippen LogP contribution in [0.1, 0.15) is 5.56 Å². The highest BCUT2D eigenvalue weighted by molar-refractivity contribution is 5.79. The highest BCUT2D eigenvalue weighted by Crippen LogP contribution is 2.19. The minimum atomic E-state index is -0.375. The average molecular weight is 336 g/mol. The Bertz CT molecular complexity index is 766. The van der Waals surface area contributed by atoms with E-state index in [2.05, 4.69) is 22.1 Å². The molecule has 0 atom stereocenters. The summed E-state index contributed by atoms with van der Waals surface area (Å²) in [4.78, 5) is 12.9. The number of anilines is 1. The zero-order chi connectivity index (χ0) is 17.5. The first-order valence-electron chi connectivity index (χ1n) is 8.23. The second-order valence-electron chi connectivity index (χ2n) is 5.72. The summed E-state index contributed by atoms with van der Waals surface area (Å²) in [6, 6.07) is 17.0. The first-order valence-corrected chi connectivity index (χ1v) is 8.23. The van der Waals surface area contributed by atoms with Gasteiger partial charge in [0.25, 0.3) is 5.69 Å². The summed E-state index contributed by atoms with van der Waals surface area (Å²) in [6.07, 6.45) is 5.14. The lowest BCUT2D eigenvalue weighted by Gasteiger charge is -2.34. The molecule has 6 heteroatoms. The number of piperazine rings is 1. The van der Waals surface area contributed by atoms with Crippen molar-refractivity contribution in [3.8, 4) is 0 Å². The molecule has 1 saturated heterocycles. The van der Waals surface area contributed by atoms with E-state index in [1.165, 1.54) is 11.8 Å². The molecule has 0 saturated carbocycles. The van der Waals surface area contributed by atoms with Crippen molar-refractivity contribution in [2.45, 2.75) is 0 Å². The monoisotopic (exact) mass is 336 g/mol. The van der Waals surface area contributed by atoms with E-state index in [1.54, 1.807) is 36.6 Å². The van der Waals surface area contributed by atoms with Crippen LogP contribution in [0.4, 0.5) is 11.4 Å². The Morgan fingerprint density at radius 1 is 0.960 bits per heavy atom. The fourth-order valence-corrected chi connectivity index (χ4v) is 2.78. The maximum atomic E-state index is 11.0. The quantitative estimate of drug-likeness (QED) is 0.477. The third kappa shape index (κ3) is 4.44. The van der Waals surface area contributed by atoms with Gasteiger partial charge in [-0.05, 0) is 30.4 Å². The van der Waals surface area contributed by atoms with Gasteiger partial charge in [0.05, 0.1) is 23.6 Å². The number of nitrogens with zero attached hydrogens (tertiary/aromatic N) is 4. The molecule has 0 amide bonds. The molecule has 0 aliphatic carbocycles. The van der Waals surface area contributed by atoms with Gasteiger partial charge in [-0.25, -0.2) is 0 Å². The minimum Gasteiger partial charge on any atom is -0.368 e. The van der Waals surface area contributed by atoms with Crippen molar-refractivity contribution in [3.05, 3.63) is 76.4 Å². The van der Waals surface area contributed by atoms with Gasteiger partial charge in [0.1, 0.15) is 0 Å². The molecule has 1 heterocycles. The second-order valence-corrected chi connectivity index (χ2v) is 5.72. The van der Waals surface area contributed by atoms with Crippen LogP contribution < -0.4 is 4.90 Å². The van der Waals surface area contributed by atoms with Crippen LogP contribution in [0.25, 0.3) is 6.08 Å². The van der Waals surface area contributed by atoms with Gasteiger partial charge in [-0.1, -0.05) is 30.3 Å². The number of allylic oxidation sites excluding steroid dienone is 1. The molecule has 1 fully saturated rings. The molecule has 2 aromatic carbocycles. The smallest absolute Gasteiger partial charge is 0.276 e. The van der Waals surface area contributed by atoms with E-state index < -0.39 is 0 Å². The summed E-state index contributed by atoms with van der Waals surface area (Å²) in [5.41, 5.74) is 1.92. The second kappa shape index (κ2) is 8.10. The van der Waals surface area contributed by atoms with E-state index in [4.69, 9.17) is 0 Å². The molecule has 0 aromatic heterocycles. The summed E-state index contributed by atoms with van der Waals surface area (Å²) in [5, 5.41) is 17.4. The summed E-state index contributed by atoms with van der Waals surface area (Å²) in [5.74, 6) is 0. The van der Waals surface area contributed by atoms with E-state index in [0.29, 0.717) is 5.56 Å². The summed E-state index contributed by atoms with van der Waals surface area (Å²) >= 11 is 0. The molecule has 0 N–H and O–H groups in total. The number of hydrazone groups is 1. The lowest BCUT2D eigenvalue weighted by molar-refractivity contribution is -0.385. The van der Waals surface area contributed by atoms with Crippen molar-refractivity contribution < 1.29 is 4.92 Å². The predicted octanol–water partition coefficient (Wildman–Crippen LogP) is 3.42. The topological polar surface area (TPSA) is 62.0 Å². The van der Waals surface area contributed by atoms with Gasteiger partial charge in [0, 0.05) is 31.1 Å². The van der Waals surface area contributed by atoms with Crippen LogP contribution in [-0.2, 0) is 0 Å². The van der Waals surface area contributed by atoms with Gasteiger partial charge < -0.3 is 4.90 Å². The van der Waals surface area contributed by atoms with Crippen molar-refractivity contribution in [1.82, 2.24) is 5.01 Å². The van der Waals surface area contributed by atoms with E-state index >= 15 is 0 Å². The summed E-state index contributed by atoms with van der Waals surface area (Å²) < 4.78 is 0. The Labute approximate surface area is 146 Å². The van der Waals surface area contributed by atoms with Gasteiger partial charge in [0.15, 0.2) is 0 Å². The minimum absolute atomic E-state index is 0.101. The van der Waals surface area contributed by atoms with Crippen LogP contribution in [-0.4, -0.2) is 42.3 Å². The highest BCUT2D eigenvalue weighted by atomic mass is 16.6. The zero-order valence-corrected chi connectivity index (χ0v) is 13.9. The first kappa shape index (κ1) is 16.7. The fraction of sp³-hybridized carbons (Fsp3) is 0.211. The van der Waals surface area contributed by atoms with E-state index in [1.807, 2.05) is 23.2 Å². The molecule has 2 aromatic rings. The predicted molar refractivity (Wildman–Crippen MR) is 101 cm³/mol. The average Bonchev–Trinajstić information content (AvgIpc) is 2.66. The zero-order valence-electron chi connectivity index (χ0n) is 13.9. The van der Waals surface area contributed by atoms with Gasteiger partial charge in [0.2, 0.25) is 0 Å². The Morgan fingerprint density at radius 3 is 2.36 bits per heavy atom. The molecule has 25 heavy (non-hydrogen) atoms. The maximum Gasteiger partial charge on any atom is 0.276 e. The molecule has 0 unspecified atom stereocenters. The molecule has 1 aliphatic rings. The molecule has 6 nitrogen and oxygen atoms in total. The van der Waals surface area contributed by atoms with Gasteiger partial charge in [-0.2, -0.15) is 5.10 Å². The van der Waals surface area contributed by atoms with Crippen LogP contribution in [0, 0.1) is 10.1 Å². The summed E-state index contributed by atoms with van der Waals surface area (Å²) in [6.45, 7) is 3.56.